The van der Waals surface area contributed by atoms with E-state index in [1.165, 1.54) is 25.4 Å². The SMILES string of the molecule is O=C(Nc1cccc(OC2CCCC2)c1)c1ccoc1. The van der Waals surface area contributed by atoms with Gasteiger partial charge in [-0.2, -0.15) is 0 Å². The minimum absolute atomic E-state index is 0.184. The van der Waals surface area contributed by atoms with Crippen LogP contribution in [0.4, 0.5) is 5.69 Å². The quantitative estimate of drug-likeness (QED) is 0.918. The Kier molecular flexibility index (Phi) is 3.72. The van der Waals surface area contributed by atoms with Crippen molar-refractivity contribution in [1.29, 1.82) is 0 Å². The van der Waals surface area contributed by atoms with Crippen LogP contribution in [0.25, 0.3) is 0 Å². The van der Waals surface area contributed by atoms with Crippen LogP contribution in [0.5, 0.6) is 5.75 Å². The van der Waals surface area contributed by atoms with Gasteiger partial charge in [-0.25, -0.2) is 0 Å². The largest absolute Gasteiger partial charge is 0.490 e. The molecule has 1 aliphatic carbocycles. The molecule has 104 valence electrons. The second-order valence-corrected chi connectivity index (χ2v) is 5.02. The number of anilines is 1. The number of hydrogen-bond acceptors (Lipinski definition) is 3. The molecule has 1 heterocycles. The van der Waals surface area contributed by atoms with Crippen LogP contribution in [-0.2, 0) is 0 Å². The van der Waals surface area contributed by atoms with Crippen molar-refractivity contribution in [1.82, 2.24) is 0 Å². The Hall–Kier alpha value is -2.23. The van der Waals surface area contributed by atoms with Crippen LogP contribution in [0.2, 0.25) is 0 Å². The Morgan fingerprint density at radius 1 is 1.25 bits per heavy atom. The molecular weight excluding hydrogens is 254 g/mol. The molecule has 0 atom stereocenters. The van der Waals surface area contributed by atoms with E-state index in [1.54, 1.807) is 6.07 Å². The van der Waals surface area contributed by atoms with Gasteiger partial charge in [0.05, 0.1) is 17.9 Å². The predicted molar refractivity (Wildman–Crippen MR) is 76.0 cm³/mol. The third-order valence-electron chi connectivity index (χ3n) is 3.48. The van der Waals surface area contributed by atoms with Crippen LogP contribution in [0.15, 0.2) is 47.3 Å². The van der Waals surface area contributed by atoms with E-state index >= 15 is 0 Å². The molecule has 3 rings (SSSR count). The first-order valence-electron chi connectivity index (χ1n) is 6.91. The molecule has 1 aliphatic rings. The fourth-order valence-electron chi connectivity index (χ4n) is 2.44. The van der Waals surface area contributed by atoms with Crippen molar-refractivity contribution in [2.45, 2.75) is 31.8 Å². The van der Waals surface area contributed by atoms with Gasteiger partial charge in [0.25, 0.3) is 5.91 Å². The monoisotopic (exact) mass is 271 g/mol. The first-order chi connectivity index (χ1) is 9.81. The number of nitrogens with one attached hydrogen (secondary N) is 1. The summed E-state index contributed by atoms with van der Waals surface area (Å²) in [5.74, 6) is 0.624. The molecule has 4 heteroatoms. The van der Waals surface area contributed by atoms with E-state index in [0.717, 1.165) is 24.3 Å². The number of rotatable bonds is 4. The summed E-state index contributed by atoms with van der Waals surface area (Å²) in [5.41, 5.74) is 1.24. The highest BCUT2D eigenvalue weighted by atomic mass is 16.5. The van der Waals surface area contributed by atoms with Gasteiger partial charge in [-0.3, -0.25) is 4.79 Å². The highest BCUT2D eigenvalue weighted by Gasteiger charge is 2.16. The Morgan fingerprint density at radius 3 is 2.85 bits per heavy atom. The van der Waals surface area contributed by atoms with Crippen LogP contribution >= 0.6 is 0 Å². The number of amides is 1. The summed E-state index contributed by atoms with van der Waals surface area (Å²) in [6.07, 6.45) is 7.93. The van der Waals surface area contributed by atoms with Crippen molar-refractivity contribution < 1.29 is 13.9 Å². The second kappa shape index (κ2) is 5.82. The van der Waals surface area contributed by atoms with E-state index in [9.17, 15) is 4.79 Å². The molecule has 2 aromatic rings. The molecule has 0 spiro atoms. The minimum Gasteiger partial charge on any atom is -0.490 e. The standard InChI is InChI=1S/C16H17NO3/c18-16(12-8-9-19-11-12)17-13-4-3-7-15(10-13)20-14-5-1-2-6-14/h3-4,7-11,14H,1-2,5-6H2,(H,17,18). The lowest BCUT2D eigenvalue weighted by Gasteiger charge is -2.14. The lowest BCUT2D eigenvalue weighted by molar-refractivity contribution is 0.102. The minimum atomic E-state index is -0.184. The van der Waals surface area contributed by atoms with Crippen LogP contribution in [0.1, 0.15) is 36.0 Å². The number of hydrogen-bond donors (Lipinski definition) is 1. The first kappa shape index (κ1) is 12.8. The molecule has 0 aliphatic heterocycles. The third kappa shape index (κ3) is 3.02. The molecule has 4 nitrogen and oxygen atoms in total. The van der Waals surface area contributed by atoms with Crippen molar-refractivity contribution in [3.63, 3.8) is 0 Å². The lowest BCUT2D eigenvalue weighted by atomic mass is 10.2. The maximum atomic E-state index is 11.9. The summed E-state index contributed by atoms with van der Waals surface area (Å²) in [7, 11) is 0. The Morgan fingerprint density at radius 2 is 2.10 bits per heavy atom. The summed E-state index contributed by atoms with van der Waals surface area (Å²) in [5, 5.41) is 2.83. The molecule has 1 fully saturated rings. The van der Waals surface area contributed by atoms with Gasteiger partial charge in [0.2, 0.25) is 0 Å². The lowest BCUT2D eigenvalue weighted by Crippen LogP contribution is -2.12. The number of furan rings is 1. The first-order valence-corrected chi connectivity index (χ1v) is 6.91. The zero-order valence-electron chi connectivity index (χ0n) is 11.2. The molecule has 1 aromatic carbocycles. The normalized spacial score (nSPS) is 15.2. The Balaban J connectivity index is 1.66. The smallest absolute Gasteiger partial charge is 0.258 e. The van der Waals surface area contributed by atoms with Gasteiger partial charge in [0.1, 0.15) is 12.0 Å². The van der Waals surface area contributed by atoms with Crippen molar-refractivity contribution in [3.05, 3.63) is 48.4 Å². The molecule has 1 amide bonds. The fraction of sp³-hybridized carbons (Fsp3) is 0.312. The maximum Gasteiger partial charge on any atom is 0.258 e. The molecule has 0 saturated heterocycles. The van der Waals surface area contributed by atoms with Crippen LogP contribution in [0, 0.1) is 0 Å². The van der Waals surface area contributed by atoms with E-state index in [2.05, 4.69) is 5.32 Å². The second-order valence-electron chi connectivity index (χ2n) is 5.02. The van der Waals surface area contributed by atoms with Crippen molar-refractivity contribution in [3.8, 4) is 5.75 Å². The van der Waals surface area contributed by atoms with Crippen LogP contribution in [0.3, 0.4) is 0 Å². The summed E-state index contributed by atoms with van der Waals surface area (Å²) >= 11 is 0. The summed E-state index contributed by atoms with van der Waals surface area (Å²) in [6.45, 7) is 0. The van der Waals surface area contributed by atoms with Crippen molar-refractivity contribution in [2.24, 2.45) is 0 Å². The zero-order chi connectivity index (χ0) is 13.8. The Labute approximate surface area is 117 Å². The average molecular weight is 271 g/mol. The number of carbonyl (C=O) groups is 1. The molecular formula is C16H17NO3. The molecule has 0 bridgehead atoms. The van der Waals surface area contributed by atoms with Gasteiger partial charge in [-0.05, 0) is 43.9 Å². The van der Waals surface area contributed by atoms with E-state index in [-0.39, 0.29) is 5.91 Å². The van der Waals surface area contributed by atoms with Gasteiger partial charge in [0.15, 0.2) is 0 Å². The van der Waals surface area contributed by atoms with Gasteiger partial charge in [-0.1, -0.05) is 6.07 Å². The van der Waals surface area contributed by atoms with E-state index in [1.807, 2.05) is 24.3 Å². The molecule has 1 N–H and O–H groups in total. The predicted octanol–water partition coefficient (Wildman–Crippen LogP) is 3.85. The van der Waals surface area contributed by atoms with E-state index in [4.69, 9.17) is 9.15 Å². The van der Waals surface area contributed by atoms with Gasteiger partial charge >= 0.3 is 0 Å². The summed E-state index contributed by atoms with van der Waals surface area (Å²) < 4.78 is 10.8. The molecule has 1 aromatic heterocycles. The van der Waals surface area contributed by atoms with Crippen molar-refractivity contribution >= 4 is 11.6 Å². The average Bonchev–Trinajstić information content (AvgIpc) is 3.12. The number of benzene rings is 1. The van der Waals surface area contributed by atoms with Gasteiger partial charge < -0.3 is 14.5 Å². The maximum absolute atomic E-state index is 11.9. The highest BCUT2D eigenvalue weighted by molar-refractivity contribution is 6.04. The van der Waals surface area contributed by atoms with E-state index < -0.39 is 0 Å². The topological polar surface area (TPSA) is 51.5 Å². The highest BCUT2D eigenvalue weighted by Crippen LogP contribution is 2.25. The third-order valence-corrected chi connectivity index (χ3v) is 3.48. The fourth-order valence-corrected chi connectivity index (χ4v) is 2.44. The molecule has 0 radical (unpaired) electrons. The van der Waals surface area contributed by atoms with Crippen molar-refractivity contribution in [2.75, 3.05) is 5.32 Å². The Bertz CT molecular complexity index is 571. The zero-order valence-corrected chi connectivity index (χ0v) is 11.2. The van der Waals surface area contributed by atoms with Gasteiger partial charge in [-0.15, -0.1) is 0 Å². The van der Waals surface area contributed by atoms with Crippen LogP contribution in [-0.4, -0.2) is 12.0 Å². The molecule has 0 unspecified atom stereocenters. The number of ether oxygens (including phenoxy) is 1. The summed E-state index contributed by atoms with van der Waals surface area (Å²) in [6, 6.07) is 9.14. The number of carbonyl (C=O) groups excluding carboxylic acids is 1. The summed E-state index contributed by atoms with van der Waals surface area (Å²) in [4.78, 5) is 11.9. The molecule has 1 saturated carbocycles. The van der Waals surface area contributed by atoms with Crippen LogP contribution < -0.4 is 10.1 Å². The molecule has 20 heavy (non-hydrogen) atoms. The van der Waals surface area contributed by atoms with E-state index in [0.29, 0.717) is 11.7 Å². The van der Waals surface area contributed by atoms with Gasteiger partial charge in [0, 0.05) is 11.8 Å².